The van der Waals surface area contributed by atoms with E-state index in [0.29, 0.717) is 17.9 Å². The summed E-state index contributed by atoms with van der Waals surface area (Å²) in [7, 11) is 0. The topological polar surface area (TPSA) is 24.1 Å². The average Bonchev–Trinajstić information content (AvgIpc) is 2.68. The fraction of sp³-hybridized carbons (Fsp3) is 0.571. The second kappa shape index (κ2) is 12.7. The lowest BCUT2D eigenvalue weighted by molar-refractivity contribution is 0.507. The van der Waals surface area contributed by atoms with Gasteiger partial charge < -0.3 is 10.6 Å². The molecule has 0 aliphatic heterocycles. The predicted octanol–water partition coefficient (Wildman–Crippen LogP) is 8.99. The van der Waals surface area contributed by atoms with Crippen molar-refractivity contribution in [2.45, 2.75) is 92.0 Å². The number of nitrogens with one attached hydrogen (secondary N) is 2. The molecule has 2 nitrogen and oxygen atoms in total. The Morgan fingerprint density at radius 2 is 1.40 bits per heavy atom. The van der Waals surface area contributed by atoms with E-state index in [1.807, 2.05) is 0 Å². The van der Waals surface area contributed by atoms with Gasteiger partial charge in [-0.25, -0.2) is 0 Å². The van der Waals surface area contributed by atoms with Crippen molar-refractivity contribution in [3.05, 3.63) is 54.1 Å². The molecule has 0 aliphatic carbocycles. The molecule has 0 radical (unpaired) electrons. The van der Waals surface area contributed by atoms with Crippen molar-refractivity contribution in [1.82, 2.24) is 0 Å². The molecular formula is C28H44N2. The molecule has 0 spiro atoms. The zero-order chi connectivity index (χ0) is 21.9. The third kappa shape index (κ3) is 8.81. The molecule has 0 heterocycles. The Labute approximate surface area is 185 Å². The summed E-state index contributed by atoms with van der Waals surface area (Å²) in [6, 6.07) is 17.8. The van der Waals surface area contributed by atoms with E-state index in [-0.39, 0.29) is 0 Å². The summed E-state index contributed by atoms with van der Waals surface area (Å²) in [5.74, 6) is 2.07. The minimum absolute atomic E-state index is 0.481. The van der Waals surface area contributed by atoms with Gasteiger partial charge in [-0.3, -0.25) is 0 Å². The van der Waals surface area contributed by atoms with Gasteiger partial charge >= 0.3 is 0 Å². The molecule has 2 aromatic carbocycles. The van der Waals surface area contributed by atoms with Crippen LogP contribution in [0.2, 0.25) is 0 Å². The monoisotopic (exact) mass is 408 g/mol. The summed E-state index contributed by atoms with van der Waals surface area (Å²) in [5.41, 5.74) is 5.05. The van der Waals surface area contributed by atoms with E-state index in [1.54, 1.807) is 0 Å². The van der Waals surface area contributed by atoms with Crippen LogP contribution in [0, 0.1) is 11.8 Å². The Kier molecular flexibility index (Phi) is 10.3. The molecular weight excluding hydrogens is 364 g/mol. The van der Waals surface area contributed by atoms with E-state index in [1.165, 1.54) is 55.5 Å². The Balaban J connectivity index is 2.10. The predicted molar refractivity (Wildman–Crippen MR) is 135 cm³/mol. The van der Waals surface area contributed by atoms with Crippen LogP contribution in [0.15, 0.2) is 48.5 Å². The van der Waals surface area contributed by atoms with Crippen LogP contribution < -0.4 is 10.6 Å². The van der Waals surface area contributed by atoms with Crippen LogP contribution in [-0.2, 0) is 0 Å². The molecule has 0 bridgehead atoms. The zero-order valence-corrected chi connectivity index (χ0v) is 20.2. The molecule has 2 aromatic rings. The lowest BCUT2D eigenvalue weighted by Gasteiger charge is -2.23. The zero-order valence-electron chi connectivity index (χ0n) is 20.2. The molecule has 2 N–H and O–H groups in total. The number of hydrogen-bond acceptors (Lipinski definition) is 2. The van der Waals surface area contributed by atoms with E-state index >= 15 is 0 Å². The largest absolute Gasteiger partial charge is 0.382 e. The maximum Gasteiger partial charge on any atom is 0.0388 e. The number of para-hydroxylation sites is 1. The summed E-state index contributed by atoms with van der Waals surface area (Å²) in [5, 5.41) is 7.38. The van der Waals surface area contributed by atoms with Crippen LogP contribution in [0.1, 0.15) is 91.5 Å². The molecule has 2 rings (SSSR count). The third-order valence-electron chi connectivity index (χ3n) is 5.79. The van der Waals surface area contributed by atoms with Crippen LogP contribution in [0.5, 0.6) is 0 Å². The number of benzene rings is 2. The molecule has 0 amide bonds. The minimum atomic E-state index is 0.481. The number of anilines is 3. The van der Waals surface area contributed by atoms with E-state index in [9.17, 15) is 0 Å². The molecule has 0 aromatic heterocycles. The van der Waals surface area contributed by atoms with Gasteiger partial charge in [-0.15, -0.1) is 0 Å². The molecule has 2 unspecified atom stereocenters. The molecule has 30 heavy (non-hydrogen) atoms. The van der Waals surface area contributed by atoms with Gasteiger partial charge in [0.15, 0.2) is 0 Å². The molecule has 0 saturated carbocycles. The van der Waals surface area contributed by atoms with E-state index in [4.69, 9.17) is 0 Å². The van der Waals surface area contributed by atoms with Crippen molar-refractivity contribution < 1.29 is 0 Å². The summed E-state index contributed by atoms with van der Waals surface area (Å²) in [6.45, 7) is 13.9. The Bertz CT molecular complexity index is 721. The fourth-order valence-corrected chi connectivity index (χ4v) is 4.23. The van der Waals surface area contributed by atoms with Crippen molar-refractivity contribution in [2.24, 2.45) is 11.8 Å². The van der Waals surface area contributed by atoms with Crippen molar-refractivity contribution in [3.8, 4) is 0 Å². The van der Waals surface area contributed by atoms with Gasteiger partial charge in [-0.05, 0) is 73.4 Å². The SMILES string of the molecule is CC(C)CCCCCC(C)c1cc(Nc2ccccc2)ccc1NC(C)CC(C)C. The maximum atomic E-state index is 3.80. The van der Waals surface area contributed by atoms with Crippen LogP contribution in [-0.4, -0.2) is 6.04 Å². The first-order chi connectivity index (χ1) is 14.3. The van der Waals surface area contributed by atoms with E-state index in [0.717, 1.165) is 11.6 Å². The first-order valence-electron chi connectivity index (χ1n) is 12.1. The Hall–Kier alpha value is -1.96. The summed E-state index contributed by atoms with van der Waals surface area (Å²) >= 11 is 0. The quantitative estimate of drug-likeness (QED) is 0.323. The lowest BCUT2D eigenvalue weighted by Crippen LogP contribution is -2.19. The maximum absolute atomic E-state index is 3.80. The number of unbranched alkanes of at least 4 members (excludes halogenated alkanes) is 2. The summed E-state index contributed by atoms with van der Waals surface area (Å²) < 4.78 is 0. The molecule has 166 valence electrons. The smallest absolute Gasteiger partial charge is 0.0388 e. The van der Waals surface area contributed by atoms with Crippen molar-refractivity contribution >= 4 is 17.1 Å². The van der Waals surface area contributed by atoms with Gasteiger partial charge in [-0.2, -0.15) is 0 Å². The van der Waals surface area contributed by atoms with Gasteiger partial charge in [-0.1, -0.05) is 78.5 Å². The highest BCUT2D eigenvalue weighted by molar-refractivity contribution is 5.66. The first-order valence-corrected chi connectivity index (χ1v) is 12.1. The van der Waals surface area contributed by atoms with Crippen LogP contribution in [0.4, 0.5) is 17.1 Å². The van der Waals surface area contributed by atoms with E-state index < -0.39 is 0 Å². The molecule has 0 fully saturated rings. The average molecular weight is 409 g/mol. The van der Waals surface area contributed by atoms with Crippen molar-refractivity contribution in [1.29, 1.82) is 0 Å². The van der Waals surface area contributed by atoms with E-state index in [2.05, 4.69) is 101 Å². The van der Waals surface area contributed by atoms with Gasteiger partial charge in [0.1, 0.15) is 0 Å². The van der Waals surface area contributed by atoms with Crippen molar-refractivity contribution in [3.63, 3.8) is 0 Å². The van der Waals surface area contributed by atoms with Crippen LogP contribution in [0.3, 0.4) is 0 Å². The second-order valence-corrected chi connectivity index (χ2v) is 9.90. The second-order valence-electron chi connectivity index (χ2n) is 9.90. The van der Waals surface area contributed by atoms with Gasteiger partial charge in [0, 0.05) is 23.1 Å². The minimum Gasteiger partial charge on any atom is -0.382 e. The molecule has 0 aliphatic rings. The summed E-state index contributed by atoms with van der Waals surface area (Å²) in [4.78, 5) is 0. The Morgan fingerprint density at radius 1 is 0.700 bits per heavy atom. The Morgan fingerprint density at radius 3 is 2.07 bits per heavy atom. The van der Waals surface area contributed by atoms with Crippen LogP contribution >= 0.6 is 0 Å². The third-order valence-corrected chi connectivity index (χ3v) is 5.79. The standard InChI is InChI=1S/C28H44N2/c1-21(2)13-9-7-10-14-23(5)27-20-26(30-25-15-11-8-12-16-25)17-18-28(27)29-24(6)19-22(3)4/h8,11-12,15-18,20-24,29-30H,7,9-10,13-14,19H2,1-6H3. The number of hydrogen-bond donors (Lipinski definition) is 2. The highest BCUT2D eigenvalue weighted by Crippen LogP contribution is 2.33. The lowest BCUT2D eigenvalue weighted by atomic mass is 9.92. The van der Waals surface area contributed by atoms with Crippen molar-refractivity contribution in [2.75, 3.05) is 10.6 Å². The highest BCUT2D eigenvalue weighted by atomic mass is 14.9. The number of rotatable bonds is 13. The molecule has 2 atom stereocenters. The normalized spacial score (nSPS) is 13.5. The fourth-order valence-electron chi connectivity index (χ4n) is 4.23. The van der Waals surface area contributed by atoms with Gasteiger partial charge in [0.2, 0.25) is 0 Å². The molecule has 2 heteroatoms. The van der Waals surface area contributed by atoms with Crippen LogP contribution in [0.25, 0.3) is 0 Å². The highest BCUT2D eigenvalue weighted by Gasteiger charge is 2.14. The first kappa shape index (κ1) is 24.3. The summed E-state index contributed by atoms with van der Waals surface area (Å²) in [6.07, 6.45) is 7.80. The van der Waals surface area contributed by atoms with Gasteiger partial charge in [0.05, 0.1) is 0 Å². The van der Waals surface area contributed by atoms with Gasteiger partial charge in [0.25, 0.3) is 0 Å². The molecule has 0 saturated heterocycles.